The van der Waals surface area contributed by atoms with Crippen molar-refractivity contribution in [1.82, 2.24) is 19.4 Å². The Labute approximate surface area is 215 Å². The lowest BCUT2D eigenvalue weighted by atomic mass is 10.0. The second-order valence-electron chi connectivity index (χ2n) is 9.82. The standard InChI is InChI=1S/C26H36N8OS/c1-2-3-12-21-31-23-24(16-8-4-5-9-17(16)30-25(23)28)34(21)14-13-33-18-15-36-19(22(18)32-26(33)29)10-6-7-11-20(27)35/h4-5,8-9,18-19,22H,2-3,6-7,10-15H2,1H3,(H2,27,35)(H2,28,30)(H2,29,32). The van der Waals surface area contributed by atoms with Crippen molar-refractivity contribution in [2.75, 3.05) is 18.0 Å². The number of nitrogens with two attached hydrogens (primary N) is 3. The molecule has 36 heavy (non-hydrogen) atoms. The fourth-order valence-corrected chi connectivity index (χ4v) is 7.16. The maximum absolute atomic E-state index is 11.0. The van der Waals surface area contributed by atoms with E-state index in [4.69, 9.17) is 27.2 Å². The van der Waals surface area contributed by atoms with E-state index >= 15 is 0 Å². The first-order valence-corrected chi connectivity index (χ1v) is 14.1. The number of carbonyl (C=O) groups excluding carboxylic acids is 1. The molecule has 0 radical (unpaired) electrons. The predicted octanol–water partition coefficient (Wildman–Crippen LogP) is 3.04. The van der Waals surface area contributed by atoms with Crippen molar-refractivity contribution in [2.24, 2.45) is 16.5 Å². The second-order valence-corrected chi connectivity index (χ2v) is 11.1. The number of carbonyl (C=O) groups is 1. The third-order valence-electron chi connectivity index (χ3n) is 7.40. The van der Waals surface area contributed by atoms with Crippen LogP contribution in [0.5, 0.6) is 0 Å². The number of rotatable bonds is 11. The average molecular weight is 509 g/mol. The second kappa shape index (κ2) is 10.5. The number of amides is 1. The summed E-state index contributed by atoms with van der Waals surface area (Å²) in [6.45, 7) is 3.73. The average Bonchev–Trinajstić information content (AvgIpc) is 3.51. The van der Waals surface area contributed by atoms with Crippen LogP contribution in [0.25, 0.3) is 21.9 Å². The molecule has 9 nitrogen and oxygen atoms in total. The van der Waals surface area contributed by atoms with E-state index in [1.54, 1.807) is 0 Å². The number of hydrogen-bond donors (Lipinski definition) is 3. The highest BCUT2D eigenvalue weighted by molar-refractivity contribution is 8.00. The topological polar surface area (TPSA) is 141 Å². The van der Waals surface area contributed by atoms with E-state index in [0.29, 0.717) is 29.5 Å². The Hall–Kier alpha value is -3.01. The van der Waals surface area contributed by atoms with Gasteiger partial charge in [-0.15, -0.1) is 0 Å². The van der Waals surface area contributed by atoms with Crippen molar-refractivity contribution < 1.29 is 4.79 Å². The molecule has 3 aromatic rings. The first kappa shape index (κ1) is 24.7. The number of imidazole rings is 1. The number of benzene rings is 1. The molecule has 2 aliphatic rings. The molecule has 2 aromatic heterocycles. The van der Waals surface area contributed by atoms with Crippen molar-refractivity contribution in [3.05, 3.63) is 30.1 Å². The third kappa shape index (κ3) is 4.70. The Morgan fingerprint density at radius 3 is 2.78 bits per heavy atom. The summed E-state index contributed by atoms with van der Waals surface area (Å²) in [5, 5.41) is 1.51. The number of unbranched alkanes of at least 4 members (excludes halogenated alkanes) is 2. The summed E-state index contributed by atoms with van der Waals surface area (Å²) in [6.07, 6.45) is 6.40. The number of thioether (sulfide) groups is 1. The summed E-state index contributed by atoms with van der Waals surface area (Å²) in [5.74, 6) is 2.96. The largest absolute Gasteiger partial charge is 0.382 e. The first-order valence-electron chi connectivity index (χ1n) is 13.0. The number of nitrogens with zero attached hydrogens (tertiary/aromatic N) is 5. The number of anilines is 1. The van der Waals surface area contributed by atoms with Crippen molar-refractivity contribution in [3.8, 4) is 0 Å². The zero-order valence-electron chi connectivity index (χ0n) is 20.9. The van der Waals surface area contributed by atoms with E-state index < -0.39 is 0 Å². The lowest BCUT2D eigenvalue weighted by molar-refractivity contribution is -0.118. The smallest absolute Gasteiger partial charge is 0.217 e. The molecule has 4 heterocycles. The molecule has 1 saturated heterocycles. The molecule has 1 fully saturated rings. The van der Waals surface area contributed by atoms with Crippen LogP contribution < -0.4 is 17.2 Å². The number of para-hydroxylation sites is 1. The van der Waals surface area contributed by atoms with Crippen molar-refractivity contribution >= 4 is 51.4 Å². The number of aryl methyl sites for hydroxylation is 1. The van der Waals surface area contributed by atoms with E-state index in [0.717, 1.165) is 85.1 Å². The van der Waals surface area contributed by atoms with Gasteiger partial charge in [-0.3, -0.25) is 4.79 Å². The Bertz CT molecular complexity index is 1290. The third-order valence-corrected chi connectivity index (χ3v) is 8.88. The molecule has 1 amide bonds. The highest BCUT2D eigenvalue weighted by Crippen LogP contribution is 2.39. The highest BCUT2D eigenvalue weighted by Gasteiger charge is 2.44. The fourth-order valence-electron chi connectivity index (χ4n) is 5.57. The number of primary amides is 1. The maximum atomic E-state index is 11.0. The van der Waals surface area contributed by atoms with Crippen molar-refractivity contribution in [3.63, 3.8) is 0 Å². The van der Waals surface area contributed by atoms with Crippen LogP contribution in [-0.4, -0.2) is 60.9 Å². The molecule has 5 rings (SSSR count). The Morgan fingerprint density at radius 2 is 1.97 bits per heavy atom. The molecule has 10 heteroatoms. The van der Waals surface area contributed by atoms with Gasteiger partial charge in [0.2, 0.25) is 5.91 Å². The number of pyridine rings is 1. The summed E-state index contributed by atoms with van der Waals surface area (Å²) in [6, 6.07) is 8.66. The molecule has 0 saturated carbocycles. The SMILES string of the molecule is CCCCc1nc2c(N)nc3ccccc3c2n1CCN1C(N)=NC2C(CCCCC(N)=O)SCC21. The molecule has 3 atom stereocenters. The van der Waals surface area contributed by atoms with E-state index in [2.05, 4.69) is 27.4 Å². The van der Waals surface area contributed by atoms with Gasteiger partial charge in [0.15, 0.2) is 11.8 Å². The highest BCUT2D eigenvalue weighted by atomic mass is 32.2. The van der Waals surface area contributed by atoms with Gasteiger partial charge in [-0.05, 0) is 25.3 Å². The molecular weight excluding hydrogens is 472 g/mol. The summed E-state index contributed by atoms with van der Waals surface area (Å²) in [4.78, 5) is 27.8. The van der Waals surface area contributed by atoms with Gasteiger partial charge in [-0.25, -0.2) is 15.0 Å². The summed E-state index contributed by atoms with van der Waals surface area (Å²) in [7, 11) is 0. The van der Waals surface area contributed by atoms with E-state index in [-0.39, 0.29) is 11.9 Å². The maximum Gasteiger partial charge on any atom is 0.217 e. The van der Waals surface area contributed by atoms with Gasteiger partial charge in [0.25, 0.3) is 0 Å². The Balaban J connectivity index is 1.36. The van der Waals surface area contributed by atoms with Crippen LogP contribution in [0.4, 0.5) is 5.82 Å². The Morgan fingerprint density at radius 1 is 1.14 bits per heavy atom. The summed E-state index contributed by atoms with van der Waals surface area (Å²) < 4.78 is 2.33. The molecule has 0 spiro atoms. The lowest BCUT2D eigenvalue weighted by Gasteiger charge is -2.26. The molecule has 6 N–H and O–H groups in total. The monoisotopic (exact) mass is 508 g/mol. The fraction of sp³-hybridized carbons (Fsp3) is 0.538. The molecule has 0 bridgehead atoms. The zero-order valence-corrected chi connectivity index (χ0v) is 21.7. The normalized spacial score (nSPS) is 21.4. The van der Waals surface area contributed by atoms with Crippen LogP contribution >= 0.6 is 11.8 Å². The van der Waals surface area contributed by atoms with Crippen LogP contribution in [0.15, 0.2) is 29.3 Å². The van der Waals surface area contributed by atoms with E-state index in [1.165, 1.54) is 0 Å². The van der Waals surface area contributed by atoms with E-state index in [1.807, 2.05) is 30.0 Å². The first-order chi connectivity index (χ1) is 17.5. The van der Waals surface area contributed by atoms with Gasteiger partial charge >= 0.3 is 0 Å². The summed E-state index contributed by atoms with van der Waals surface area (Å²) >= 11 is 1.98. The Kier molecular flexibility index (Phi) is 7.22. The molecule has 0 aliphatic carbocycles. The number of aliphatic imine (C=N–C) groups is 1. The molecule has 192 valence electrons. The van der Waals surface area contributed by atoms with Crippen molar-refractivity contribution in [2.45, 2.75) is 75.7 Å². The number of nitrogen functional groups attached to an aromatic ring is 1. The number of fused-ring (bicyclic) bond motifs is 4. The predicted molar refractivity (Wildman–Crippen MR) is 148 cm³/mol. The van der Waals surface area contributed by atoms with Gasteiger partial charge in [0.05, 0.1) is 23.1 Å². The van der Waals surface area contributed by atoms with Crippen LogP contribution in [0.3, 0.4) is 0 Å². The minimum absolute atomic E-state index is 0.211. The van der Waals surface area contributed by atoms with Crippen LogP contribution in [0.2, 0.25) is 0 Å². The molecule has 2 aliphatic heterocycles. The lowest BCUT2D eigenvalue weighted by Crippen LogP contribution is -2.44. The van der Waals surface area contributed by atoms with Crippen LogP contribution in [0, 0.1) is 0 Å². The van der Waals surface area contributed by atoms with Crippen LogP contribution in [-0.2, 0) is 17.8 Å². The van der Waals surface area contributed by atoms with Gasteiger partial charge in [0.1, 0.15) is 11.3 Å². The number of aromatic nitrogens is 3. The number of hydrogen-bond acceptors (Lipinski definition) is 8. The quantitative estimate of drug-likeness (QED) is 0.338. The minimum Gasteiger partial charge on any atom is -0.382 e. The summed E-state index contributed by atoms with van der Waals surface area (Å²) in [5.41, 5.74) is 20.8. The minimum atomic E-state index is -0.225. The van der Waals surface area contributed by atoms with E-state index in [9.17, 15) is 4.79 Å². The van der Waals surface area contributed by atoms with Gasteiger partial charge in [0, 0.05) is 42.3 Å². The molecular formula is C26H36N8OS. The molecule has 3 unspecified atom stereocenters. The molecule has 1 aromatic carbocycles. The number of guanidine groups is 1. The van der Waals surface area contributed by atoms with Crippen molar-refractivity contribution in [1.29, 1.82) is 0 Å². The van der Waals surface area contributed by atoms with Gasteiger partial charge in [-0.1, -0.05) is 38.0 Å². The van der Waals surface area contributed by atoms with Gasteiger partial charge < -0.3 is 26.7 Å². The zero-order chi connectivity index (χ0) is 25.2. The van der Waals surface area contributed by atoms with Crippen LogP contribution in [0.1, 0.15) is 51.3 Å². The van der Waals surface area contributed by atoms with Gasteiger partial charge in [-0.2, -0.15) is 11.8 Å².